The number of hydrogen-bond donors (Lipinski definition) is 0. The van der Waals surface area contributed by atoms with Gasteiger partial charge in [0, 0.05) is 11.8 Å². The molecule has 0 bridgehead atoms. The van der Waals surface area contributed by atoms with Crippen LogP contribution >= 0.6 is 0 Å². The SMILES string of the molecule is CC(=O)C1CC=CCC1.O=CC1CCCCC1. The van der Waals surface area contributed by atoms with Crippen molar-refractivity contribution >= 4 is 12.1 Å². The Morgan fingerprint density at radius 2 is 1.82 bits per heavy atom. The van der Waals surface area contributed by atoms with Gasteiger partial charge in [0.1, 0.15) is 12.1 Å². The monoisotopic (exact) mass is 236 g/mol. The van der Waals surface area contributed by atoms with Gasteiger partial charge in [-0.25, -0.2) is 0 Å². The summed E-state index contributed by atoms with van der Waals surface area (Å²) in [5.41, 5.74) is 0. The Morgan fingerprint density at radius 1 is 1.12 bits per heavy atom. The van der Waals surface area contributed by atoms with Gasteiger partial charge in [-0.15, -0.1) is 0 Å². The van der Waals surface area contributed by atoms with Crippen molar-refractivity contribution in [1.29, 1.82) is 0 Å². The maximum Gasteiger partial charge on any atom is 0.133 e. The zero-order chi connectivity index (χ0) is 12.5. The lowest BCUT2D eigenvalue weighted by atomic mass is 9.91. The molecule has 96 valence electrons. The average Bonchev–Trinajstić information content (AvgIpc) is 2.41. The first-order valence-corrected chi connectivity index (χ1v) is 6.84. The molecule has 2 aliphatic rings. The van der Waals surface area contributed by atoms with E-state index in [0.717, 1.165) is 38.4 Å². The third kappa shape index (κ3) is 5.81. The van der Waals surface area contributed by atoms with Gasteiger partial charge in [0.05, 0.1) is 0 Å². The third-order valence-electron chi connectivity index (χ3n) is 3.69. The second kappa shape index (κ2) is 8.21. The number of allylic oxidation sites excluding steroid dienone is 2. The molecule has 0 heterocycles. The molecule has 0 amide bonds. The van der Waals surface area contributed by atoms with Crippen LogP contribution in [0, 0.1) is 11.8 Å². The summed E-state index contributed by atoms with van der Waals surface area (Å²) < 4.78 is 0. The van der Waals surface area contributed by atoms with Crippen LogP contribution in [0.3, 0.4) is 0 Å². The normalized spacial score (nSPS) is 24.6. The molecular formula is C15H24O2. The van der Waals surface area contributed by atoms with Gasteiger partial charge in [-0.3, -0.25) is 4.79 Å². The number of rotatable bonds is 2. The van der Waals surface area contributed by atoms with E-state index in [2.05, 4.69) is 12.2 Å². The fourth-order valence-electron chi connectivity index (χ4n) is 2.43. The topological polar surface area (TPSA) is 34.1 Å². The zero-order valence-corrected chi connectivity index (χ0v) is 10.9. The van der Waals surface area contributed by atoms with Gasteiger partial charge in [-0.05, 0) is 39.0 Å². The summed E-state index contributed by atoms with van der Waals surface area (Å²) in [6, 6.07) is 0. The van der Waals surface area contributed by atoms with E-state index in [1.165, 1.54) is 19.3 Å². The molecule has 0 radical (unpaired) electrons. The lowest BCUT2D eigenvalue weighted by Crippen LogP contribution is -2.11. The van der Waals surface area contributed by atoms with Gasteiger partial charge in [-0.2, -0.15) is 0 Å². The third-order valence-corrected chi connectivity index (χ3v) is 3.69. The van der Waals surface area contributed by atoms with Crippen molar-refractivity contribution in [3.8, 4) is 0 Å². The summed E-state index contributed by atoms with van der Waals surface area (Å²) >= 11 is 0. The second-order valence-electron chi connectivity index (χ2n) is 5.13. The number of Topliss-reactive ketones (excluding diaryl/α,β-unsaturated/α-hetero) is 1. The van der Waals surface area contributed by atoms with E-state index in [0.29, 0.717) is 17.6 Å². The first-order chi connectivity index (χ1) is 8.24. The van der Waals surface area contributed by atoms with Crippen LogP contribution in [0.5, 0.6) is 0 Å². The Morgan fingerprint density at radius 3 is 2.18 bits per heavy atom. The zero-order valence-electron chi connectivity index (χ0n) is 10.9. The molecule has 17 heavy (non-hydrogen) atoms. The number of ketones is 1. The van der Waals surface area contributed by atoms with Crippen LogP contribution in [0.1, 0.15) is 58.3 Å². The van der Waals surface area contributed by atoms with Gasteiger partial charge in [0.25, 0.3) is 0 Å². The van der Waals surface area contributed by atoms with E-state index in [1.54, 1.807) is 6.92 Å². The average molecular weight is 236 g/mol. The van der Waals surface area contributed by atoms with Crippen LogP contribution in [0.25, 0.3) is 0 Å². The molecule has 0 aromatic carbocycles. The van der Waals surface area contributed by atoms with Gasteiger partial charge in [-0.1, -0.05) is 31.4 Å². The van der Waals surface area contributed by atoms with Crippen molar-refractivity contribution in [2.45, 2.75) is 58.3 Å². The predicted octanol–water partition coefficient (Wildman–Crippen LogP) is 3.70. The van der Waals surface area contributed by atoms with E-state index in [9.17, 15) is 9.59 Å². The molecule has 0 aromatic rings. The van der Waals surface area contributed by atoms with E-state index < -0.39 is 0 Å². The van der Waals surface area contributed by atoms with Gasteiger partial charge in [0.2, 0.25) is 0 Å². The molecule has 0 saturated heterocycles. The van der Waals surface area contributed by atoms with Crippen LogP contribution in [0.15, 0.2) is 12.2 Å². The van der Waals surface area contributed by atoms with Gasteiger partial charge < -0.3 is 4.79 Å². The summed E-state index contributed by atoms with van der Waals surface area (Å²) in [5, 5.41) is 0. The van der Waals surface area contributed by atoms with Crippen LogP contribution in [0.2, 0.25) is 0 Å². The summed E-state index contributed by atoms with van der Waals surface area (Å²) in [6.45, 7) is 1.68. The molecule has 1 atom stereocenters. The van der Waals surface area contributed by atoms with E-state index in [-0.39, 0.29) is 0 Å². The first-order valence-electron chi connectivity index (χ1n) is 6.84. The molecule has 2 rings (SSSR count). The highest BCUT2D eigenvalue weighted by molar-refractivity contribution is 5.78. The van der Waals surface area contributed by atoms with E-state index in [1.807, 2.05) is 0 Å². The number of aldehydes is 1. The minimum Gasteiger partial charge on any atom is -0.303 e. The summed E-state index contributed by atoms with van der Waals surface area (Å²) in [6.07, 6.45) is 14.6. The maximum absolute atomic E-state index is 10.8. The molecular weight excluding hydrogens is 212 g/mol. The Balaban J connectivity index is 0.000000171. The molecule has 0 aromatic heterocycles. The largest absolute Gasteiger partial charge is 0.303 e. The van der Waals surface area contributed by atoms with E-state index in [4.69, 9.17) is 0 Å². The fourth-order valence-corrected chi connectivity index (χ4v) is 2.43. The molecule has 1 unspecified atom stereocenters. The smallest absolute Gasteiger partial charge is 0.133 e. The van der Waals surface area contributed by atoms with Crippen molar-refractivity contribution in [1.82, 2.24) is 0 Å². The van der Waals surface area contributed by atoms with Crippen molar-refractivity contribution in [2.24, 2.45) is 11.8 Å². The van der Waals surface area contributed by atoms with Crippen molar-refractivity contribution < 1.29 is 9.59 Å². The molecule has 2 nitrogen and oxygen atoms in total. The fraction of sp³-hybridized carbons (Fsp3) is 0.733. The molecule has 1 fully saturated rings. The first kappa shape index (κ1) is 14.1. The quantitative estimate of drug-likeness (QED) is 0.541. The molecule has 0 N–H and O–H groups in total. The Hall–Kier alpha value is -0.920. The minimum absolute atomic E-state index is 0.329. The number of carbonyl (C=O) groups excluding carboxylic acids is 2. The molecule has 1 saturated carbocycles. The van der Waals surface area contributed by atoms with Gasteiger partial charge in [0.15, 0.2) is 0 Å². The number of carbonyl (C=O) groups is 2. The van der Waals surface area contributed by atoms with Crippen molar-refractivity contribution in [2.75, 3.05) is 0 Å². The molecule has 2 heteroatoms. The van der Waals surface area contributed by atoms with Crippen LogP contribution in [-0.4, -0.2) is 12.1 Å². The van der Waals surface area contributed by atoms with Crippen LogP contribution < -0.4 is 0 Å². The standard InChI is InChI=1S/C8H12O.C7H12O/c1-7(9)8-5-3-2-4-6-8;8-6-7-4-2-1-3-5-7/h2-3,8H,4-6H2,1H3;6-7H,1-5H2. The highest BCUT2D eigenvalue weighted by Gasteiger charge is 2.13. The highest BCUT2D eigenvalue weighted by atomic mass is 16.1. The lowest BCUT2D eigenvalue weighted by molar-refractivity contribution is -0.120. The summed E-state index contributed by atoms with van der Waals surface area (Å²) in [7, 11) is 0. The van der Waals surface area contributed by atoms with E-state index >= 15 is 0 Å². The molecule has 2 aliphatic carbocycles. The van der Waals surface area contributed by atoms with Crippen LogP contribution in [0.4, 0.5) is 0 Å². The number of hydrogen-bond acceptors (Lipinski definition) is 2. The van der Waals surface area contributed by atoms with Crippen molar-refractivity contribution in [3.63, 3.8) is 0 Å². The Labute approximate surface area is 104 Å². The van der Waals surface area contributed by atoms with Crippen molar-refractivity contribution in [3.05, 3.63) is 12.2 Å². The van der Waals surface area contributed by atoms with Gasteiger partial charge >= 0.3 is 0 Å². The summed E-state index contributed by atoms with van der Waals surface area (Å²) in [5.74, 6) is 1.08. The predicted molar refractivity (Wildman–Crippen MR) is 69.8 cm³/mol. The molecule has 0 aliphatic heterocycles. The minimum atomic E-state index is 0.329. The second-order valence-corrected chi connectivity index (χ2v) is 5.13. The maximum atomic E-state index is 10.8. The highest BCUT2D eigenvalue weighted by Crippen LogP contribution is 2.21. The van der Waals surface area contributed by atoms with Crippen LogP contribution in [-0.2, 0) is 9.59 Å². The Bertz CT molecular complexity index is 262. The lowest BCUT2D eigenvalue weighted by Gasteiger charge is -2.14. The summed E-state index contributed by atoms with van der Waals surface area (Å²) in [4.78, 5) is 20.9. The molecule has 0 spiro atoms. The Kier molecular flexibility index (Phi) is 6.83.